The van der Waals surface area contributed by atoms with Gasteiger partial charge < -0.3 is 10.5 Å². The zero-order valence-electron chi connectivity index (χ0n) is 11.8. The molecule has 2 unspecified atom stereocenters. The average molecular weight is 276 g/mol. The second-order valence-corrected chi connectivity index (χ2v) is 5.37. The van der Waals surface area contributed by atoms with Gasteiger partial charge in [0.1, 0.15) is 0 Å². The highest BCUT2D eigenvalue weighted by atomic mass is 16.5. The smallest absolute Gasteiger partial charge is 0.310 e. The normalized spacial score (nSPS) is 22.7. The fourth-order valence-corrected chi connectivity index (χ4v) is 2.74. The zero-order valence-corrected chi connectivity index (χ0v) is 11.8. The predicted molar refractivity (Wildman–Crippen MR) is 74.9 cm³/mol. The van der Waals surface area contributed by atoms with Gasteiger partial charge in [0.05, 0.1) is 13.0 Å². The summed E-state index contributed by atoms with van der Waals surface area (Å²) in [5.41, 5.74) is 6.82. The summed E-state index contributed by atoms with van der Waals surface area (Å²) in [5.74, 6) is -0.360. The van der Waals surface area contributed by atoms with Gasteiger partial charge in [0.2, 0.25) is 5.91 Å². The lowest BCUT2D eigenvalue weighted by Crippen LogP contribution is -2.24. The first-order chi connectivity index (χ1) is 9.51. The highest BCUT2D eigenvalue weighted by Gasteiger charge is 2.35. The van der Waals surface area contributed by atoms with Crippen molar-refractivity contribution in [2.24, 2.45) is 17.6 Å². The third kappa shape index (κ3) is 3.17. The monoisotopic (exact) mass is 276 g/mol. The van der Waals surface area contributed by atoms with Crippen LogP contribution < -0.4 is 5.73 Å². The van der Waals surface area contributed by atoms with Crippen molar-refractivity contribution >= 4 is 11.9 Å². The van der Waals surface area contributed by atoms with Crippen LogP contribution in [0.3, 0.4) is 0 Å². The summed E-state index contributed by atoms with van der Waals surface area (Å²) < 4.78 is 4.83. The third-order valence-electron chi connectivity index (χ3n) is 3.81. The number of nitrogens with two attached hydrogens (primary N) is 1. The number of methoxy groups -OCH3 is 1. The fraction of sp³-hybridized carbons (Fsp3) is 0.467. The van der Waals surface area contributed by atoms with Gasteiger partial charge in [0, 0.05) is 25.2 Å². The number of rotatable bonds is 4. The molecule has 1 saturated heterocycles. The van der Waals surface area contributed by atoms with Crippen LogP contribution in [0.1, 0.15) is 22.8 Å². The first-order valence-corrected chi connectivity index (χ1v) is 6.70. The number of amides is 1. The van der Waals surface area contributed by atoms with E-state index in [0.717, 1.165) is 12.1 Å². The standard InChI is InChI=1S/C15H20N2O3/c1-10-7-17(9-13(10)15(19)20-2)8-11-4-3-5-12(6-11)14(16)18/h3-6,10,13H,7-9H2,1-2H3,(H2,16,18). The topological polar surface area (TPSA) is 72.6 Å². The van der Waals surface area contributed by atoms with Crippen molar-refractivity contribution in [1.29, 1.82) is 0 Å². The van der Waals surface area contributed by atoms with Crippen molar-refractivity contribution in [2.75, 3.05) is 20.2 Å². The molecule has 1 amide bonds. The number of likely N-dealkylation sites (tertiary alicyclic amines) is 1. The fourth-order valence-electron chi connectivity index (χ4n) is 2.74. The number of benzene rings is 1. The number of esters is 1. The molecule has 2 rings (SSSR count). The second kappa shape index (κ2) is 6.05. The first kappa shape index (κ1) is 14.5. The van der Waals surface area contributed by atoms with Gasteiger partial charge in [-0.25, -0.2) is 0 Å². The number of carbonyl (C=O) groups is 2. The van der Waals surface area contributed by atoms with Crippen molar-refractivity contribution < 1.29 is 14.3 Å². The van der Waals surface area contributed by atoms with Gasteiger partial charge in [-0.05, 0) is 23.6 Å². The van der Waals surface area contributed by atoms with E-state index >= 15 is 0 Å². The maximum Gasteiger partial charge on any atom is 0.310 e. The molecular weight excluding hydrogens is 256 g/mol. The summed E-state index contributed by atoms with van der Waals surface area (Å²) in [4.78, 5) is 25.0. The number of hydrogen-bond donors (Lipinski definition) is 1. The molecule has 0 aromatic heterocycles. The van der Waals surface area contributed by atoms with Crippen LogP contribution in [-0.4, -0.2) is 37.0 Å². The number of ether oxygens (including phenoxy) is 1. The molecule has 1 aliphatic heterocycles. The van der Waals surface area contributed by atoms with E-state index < -0.39 is 5.91 Å². The Bertz CT molecular complexity index is 516. The third-order valence-corrected chi connectivity index (χ3v) is 3.81. The van der Waals surface area contributed by atoms with E-state index in [0.29, 0.717) is 18.7 Å². The van der Waals surface area contributed by atoms with Gasteiger partial charge in [-0.2, -0.15) is 0 Å². The minimum atomic E-state index is -0.422. The quantitative estimate of drug-likeness (QED) is 0.834. The summed E-state index contributed by atoms with van der Waals surface area (Å²) in [7, 11) is 1.42. The van der Waals surface area contributed by atoms with Gasteiger partial charge in [0.15, 0.2) is 0 Å². The molecule has 0 aliphatic carbocycles. The number of primary amides is 1. The Kier molecular flexibility index (Phi) is 4.39. The molecule has 20 heavy (non-hydrogen) atoms. The predicted octanol–water partition coefficient (Wildman–Crippen LogP) is 1.03. The van der Waals surface area contributed by atoms with E-state index in [9.17, 15) is 9.59 Å². The van der Waals surface area contributed by atoms with Crippen molar-refractivity contribution in [3.63, 3.8) is 0 Å². The Morgan fingerprint density at radius 1 is 1.40 bits per heavy atom. The molecule has 1 fully saturated rings. The number of carbonyl (C=O) groups excluding carboxylic acids is 2. The van der Waals surface area contributed by atoms with Gasteiger partial charge in [-0.15, -0.1) is 0 Å². The van der Waals surface area contributed by atoms with Crippen LogP contribution >= 0.6 is 0 Å². The molecule has 1 aliphatic rings. The molecule has 5 nitrogen and oxygen atoms in total. The summed E-state index contributed by atoms with van der Waals surface area (Å²) in [6.07, 6.45) is 0. The van der Waals surface area contributed by atoms with Crippen molar-refractivity contribution in [1.82, 2.24) is 4.90 Å². The first-order valence-electron chi connectivity index (χ1n) is 6.70. The Balaban J connectivity index is 2.03. The summed E-state index contributed by atoms with van der Waals surface area (Å²) in [5, 5.41) is 0. The van der Waals surface area contributed by atoms with Crippen molar-refractivity contribution in [3.8, 4) is 0 Å². The highest BCUT2D eigenvalue weighted by Crippen LogP contribution is 2.25. The largest absolute Gasteiger partial charge is 0.469 e. The molecule has 1 aromatic rings. The molecule has 1 aromatic carbocycles. The number of nitrogens with zero attached hydrogens (tertiary/aromatic N) is 1. The molecule has 5 heteroatoms. The maximum absolute atomic E-state index is 11.7. The lowest BCUT2D eigenvalue weighted by molar-refractivity contribution is -0.146. The molecule has 0 spiro atoms. The van der Waals surface area contributed by atoms with Crippen LogP contribution in [0.15, 0.2) is 24.3 Å². The van der Waals surface area contributed by atoms with E-state index in [2.05, 4.69) is 11.8 Å². The minimum Gasteiger partial charge on any atom is -0.469 e. The molecule has 0 saturated carbocycles. The Morgan fingerprint density at radius 2 is 2.15 bits per heavy atom. The van der Waals surface area contributed by atoms with Gasteiger partial charge >= 0.3 is 5.97 Å². The zero-order chi connectivity index (χ0) is 14.7. The Morgan fingerprint density at radius 3 is 2.80 bits per heavy atom. The van der Waals surface area contributed by atoms with Crippen LogP contribution in [0.5, 0.6) is 0 Å². The SMILES string of the molecule is COC(=O)C1CN(Cc2cccc(C(N)=O)c2)CC1C. The van der Waals surface area contributed by atoms with Crippen LogP contribution in [-0.2, 0) is 16.1 Å². The molecule has 108 valence electrons. The minimum absolute atomic E-state index is 0.0701. The lowest BCUT2D eigenvalue weighted by atomic mass is 9.99. The Labute approximate surface area is 118 Å². The van der Waals surface area contributed by atoms with Crippen molar-refractivity contribution in [3.05, 3.63) is 35.4 Å². The molecule has 0 bridgehead atoms. The maximum atomic E-state index is 11.7. The lowest BCUT2D eigenvalue weighted by Gasteiger charge is -2.15. The number of hydrogen-bond acceptors (Lipinski definition) is 4. The van der Waals surface area contributed by atoms with E-state index in [-0.39, 0.29) is 17.8 Å². The van der Waals surface area contributed by atoms with E-state index in [1.807, 2.05) is 12.1 Å². The summed E-state index contributed by atoms with van der Waals surface area (Å²) in [6.45, 7) is 4.30. The van der Waals surface area contributed by atoms with Crippen LogP contribution in [0.2, 0.25) is 0 Å². The molecule has 2 N–H and O–H groups in total. The molecular formula is C15H20N2O3. The van der Waals surface area contributed by atoms with Gasteiger partial charge in [0.25, 0.3) is 0 Å². The second-order valence-electron chi connectivity index (χ2n) is 5.37. The van der Waals surface area contributed by atoms with Crippen LogP contribution in [0.4, 0.5) is 0 Å². The average Bonchev–Trinajstić information content (AvgIpc) is 2.79. The summed E-state index contributed by atoms with van der Waals surface area (Å²) in [6, 6.07) is 7.30. The van der Waals surface area contributed by atoms with Crippen molar-refractivity contribution in [2.45, 2.75) is 13.5 Å². The molecule has 0 radical (unpaired) electrons. The highest BCUT2D eigenvalue weighted by molar-refractivity contribution is 5.92. The molecule has 1 heterocycles. The van der Waals surface area contributed by atoms with E-state index in [1.54, 1.807) is 12.1 Å². The van der Waals surface area contributed by atoms with E-state index in [1.165, 1.54) is 7.11 Å². The summed E-state index contributed by atoms with van der Waals surface area (Å²) >= 11 is 0. The van der Waals surface area contributed by atoms with Crippen LogP contribution in [0, 0.1) is 11.8 Å². The van der Waals surface area contributed by atoms with Gasteiger partial charge in [-0.1, -0.05) is 19.1 Å². The van der Waals surface area contributed by atoms with Gasteiger partial charge in [-0.3, -0.25) is 14.5 Å². The van der Waals surface area contributed by atoms with Crippen LogP contribution in [0.25, 0.3) is 0 Å². The Hall–Kier alpha value is -1.88. The molecule has 2 atom stereocenters. The van der Waals surface area contributed by atoms with E-state index in [4.69, 9.17) is 10.5 Å².